The van der Waals surface area contributed by atoms with Gasteiger partial charge in [-0.15, -0.1) is 0 Å². The zero-order valence-corrected chi connectivity index (χ0v) is 17.3. The van der Waals surface area contributed by atoms with Gasteiger partial charge in [0.05, 0.1) is 11.3 Å². The van der Waals surface area contributed by atoms with E-state index in [0.717, 1.165) is 17.7 Å². The Kier molecular flexibility index (Phi) is 7.22. The molecule has 0 saturated heterocycles. The van der Waals surface area contributed by atoms with E-state index in [1.54, 1.807) is 29.2 Å². The fraction of sp³-hybridized carbons (Fsp3) is 0.200. The summed E-state index contributed by atoms with van der Waals surface area (Å²) in [7, 11) is 0. The number of rotatable bonds is 8. The molecule has 5 heteroatoms. The highest BCUT2D eigenvalue weighted by Crippen LogP contribution is 2.22. The average Bonchev–Trinajstić information content (AvgIpc) is 2.79. The van der Waals surface area contributed by atoms with Crippen molar-refractivity contribution in [1.82, 2.24) is 0 Å². The summed E-state index contributed by atoms with van der Waals surface area (Å²) in [6.07, 6.45) is 0.897. The molecule has 0 unspecified atom stereocenters. The molecule has 0 bridgehead atoms. The maximum absolute atomic E-state index is 13.2. The minimum absolute atomic E-state index is 0.133. The Balaban J connectivity index is 1.71. The van der Waals surface area contributed by atoms with Crippen LogP contribution in [0.2, 0.25) is 0 Å². The molecule has 3 aromatic rings. The Hall–Kier alpha value is -3.60. The SMILES string of the molecule is CCc1cccc(OCC(=O)Nc2ccccc2C(=O)N(CC)c2ccccc2)c1. The molecule has 2 amide bonds. The largest absolute Gasteiger partial charge is 0.484 e. The zero-order valence-electron chi connectivity index (χ0n) is 17.3. The lowest BCUT2D eigenvalue weighted by Crippen LogP contribution is -2.32. The second-order valence-electron chi connectivity index (χ2n) is 6.77. The summed E-state index contributed by atoms with van der Waals surface area (Å²) in [6, 6.07) is 24.2. The number of amides is 2. The van der Waals surface area contributed by atoms with E-state index in [2.05, 4.69) is 12.2 Å². The van der Waals surface area contributed by atoms with Gasteiger partial charge < -0.3 is 15.0 Å². The van der Waals surface area contributed by atoms with Gasteiger partial charge in [0.1, 0.15) is 5.75 Å². The smallest absolute Gasteiger partial charge is 0.262 e. The van der Waals surface area contributed by atoms with Crippen LogP contribution in [0.15, 0.2) is 78.9 Å². The van der Waals surface area contributed by atoms with Crippen LogP contribution in [0.5, 0.6) is 5.75 Å². The number of para-hydroxylation sites is 2. The summed E-state index contributed by atoms with van der Waals surface area (Å²) >= 11 is 0. The van der Waals surface area contributed by atoms with Crippen LogP contribution in [0.4, 0.5) is 11.4 Å². The van der Waals surface area contributed by atoms with Crippen molar-refractivity contribution in [1.29, 1.82) is 0 Å². The minimum Gasteiger partial charge on any atom is -0.484 e. The third kappa shape index (κ3) is 5.26. The molecule has 1 N–H and O–H groups in total. The average molecular weight is 402 g/mol. The molecular weight excluding hydrogens is 376 g/mol. The van der Waals surface area contributed by atoms with Gasteiger partial charge in [0.2, 0.25) is 0 Å². The van der Waals surface area contributed by atoms with Gasteiger partial charge in [-0.1, -0.05) is 49.4 Å². The first-order valence-corrected chi connectivity index (χ1v) is 10.1. The van der Waals surface area contributed by atoms with Crippen molar-refractivity contribution >= 4 is 23.2 Å². The Morgan fingerprint density at radius 3 is 2.37 bits per heavy atom. The van der Waals surface area contributed by atoms with E-state index < -0.39 is 0 Å². The highest BCUT2D eigenvalue weighted by molar-refractivity contribution is 6.11. The summed E-state index contributed by atoms with van der Waals surface area (Å²) in [5, 5.41) is 2.81. The van der Waals surface area contributed by atoms with E-state index >= 15 is 0 Å². The van der Waals surface area contributed by atoms with Crippen molar-refractivity contribution in [3.63, 3.8) is 0 Å². The number of nitrogens with zero attached hydrogens (tertiary/aromatic N) is 1. The van der Waals surface area contributed by atoms with Crippen LogP contribution in [0.25, 0.3) is 0 Å². The number of hydrogen-bond acceptors (Lipinski definition) is 3. The van der Waals surface area contributed by atoms with Gasteiger partial charge in [0, 0.05) is 12.2 Å². The normalized spacial score (nSPS) is 10.3. The lowest BCUT2D eigenvalue weighted by Gasteiger charge is -2.22. The number of anilines is 2. The molecule has 3 rings (SSSR count). The third-order valence-corrected chi connectivity index (χ3v) is 4.74. The van der Waals surface area contributed by atoms with Gasteiger partial charge in [-0.25, -0.2) is 0 Å². The quantitative estimate of drug-likeness (QED) is 0.581. The Morgan fingerprint density at radius 2 is 1.63 bits per heavy atom. The lowest BCUT2D eigenvalue weighted by molar-refractivity contribution is -0.118. The Morgan fingerprint density at radius 1 is 0.900 bits per heavy atom. The predicted molar refractivity (Wildman–Crippen MR) is 120 cm³/mol. The van der Waals surface area contributed by atoms with Crippen LogP contribution in [-0.2, 0) is 11.2 Å². The number of ether oxygens (including phenoxy) is 1. The molecule has 0 aliphatic carbocycles. The second kappa shape index (κ2) is 10.3. The van der Waals surface area contributed by atoms with E-state index in [0.29, 0.717) is 23.5 Å². The van der Waals surface area contributed by atoms with E-state index in [1.807, 2.05) is 61.5 Å². The lowest BCUT2D eigenvalue weighted by atomic mass is 10.1. The topological polar surface area (TPSA) is 58.6 Å². The monoisotopic (exact) mass is 402 g/mol. The molecule has 0 fully saturated rings. The van der Waals surface area contributed by atoms with Crippen LogP contribution >= 0.6 is 0 Å². The van der Waals surface area contributed by atoms with Crippen molar-refractivity contribution in [2.45, 2.75) is 20.3 Å². The van der Waals surface area contributed by atoms with Crippen LogP contribution in [-0.4, -0.2) is 25.0 Å². The van der Waals surface area contributed by atoms with Gasteiger partial charge in [-0.2, -0.15) is 0 Å². The third-order valence-electron chi connectivity index (χ3n) is 4.74. The van der Waals surface area contributed by atoms with Gasteiger partial charge >= 0.3 is 0 Å². The van der Waals surface area contributed by atoms with E-state index in [-0.39, 0.29) is 18.4 Å². The van der Waals surface area contributed by atoms with Crippen molar-refractivity contribution in [3.8, 4) is 5.75 Å². The van der Waals surface area contributed by atoms with Crippen molar-refractivity contribution in [2.75, 3.05) is 23.4 Å². The first kappa shape index (κ1) is 21.1. The van der Waals surface area contributed by atoms with E-state index in [1.165, 1.54) is 0 Å². The molecule has 3 aromatic carbocycles. The molecule has 0 aromatic heterocycles. The van der Waals surface area contributed by atoms with Gasteiger partial charge in [-0.05, 0) is 55.3 Å². The van der Waals surface area contributed by atoms with Crippen LogP contribution in [0.3, 0.4) is 0 Å². The summed E-state index contributed by atoms with van der Waals surface area (Å²) in [5.41, 5.74) is 2.85. The van der Waals surface area contributed by atoms with Crippen LogP contribution in [0, 0.1) is 0 Å². The molecule has 5 nitrogen and oxygen atoms in total. The summed E-state index contributed by atoms with van der Waals surface area (Å²) in [5.74, 6) is 0.158. The number of carbonyl (C=O) groups excluding carboxylic acids is 2. The molecule has 0 heterocycles. The molecule has 0 aliphatic rings. The van der Waals surface area contributed by atoms with Crippen molar-refractivity contribution in [3.05, 3.63) is 90.0 Å². The molecule has 0 saturated carbocycles. The molecular formula is C25H26N2O3. The number of carbonyl (C=O) groups is 2. The first-order chi connectivity index (χ1) is 14.6. The Bertz CT molecular complexity index is 1000. The maximum Gasteiger partial charge on any atom is 0.262 e. The van der Waals surface area contributed by atoms with Crippen molar-refractivity contribution in [2.24, 2.45) is 0 Å². The maximum atomic E-state index is 13.2. The Labute approximate surface area is 177 Å². The predicted octanol–water partition coefficient (Wildman–Crippen LogP) is 4.93. The second-order valence-corrected chi connectivity index (χ2v) is 6.77. The fourth-order valence-electron chi connectivity index (χ4n) is 3.17. The van der Waals surface area contributed by atoms with Gasteiger partial charge in [-0.3, -0.25) is 9.59 Å². The minimum atomic E-state index is -0.320. The molecule has 0 atom stereocenters. The fourth-order valence-corrected chi connectivity index (χ4v) is 3.17. The number of aryl methyl sites for hydroxylation is 1. The zero-order chi connectivity index (χ0) is 21.3. The number of hydrogen-bond donors (Lipinski definition) is 1. The highest BCUT2D eigenvalue weighted by Gasteiger charge is 2.20. The summed E-state index contributed by atoms with van der Waals surface area (Å²) in [6.45, 7) is 4.37. The highest BCUT2D eigenvalue weighted by atomic mass is 16.5. The summed E-state index contributed by atoms with van der Waals surface area (Å²) < 4.78 is 5.61. The molecule has 30 heavy (non-hydrogen) atoms. The van der Waals surface area contributed by atoms with Crippen LogP contribution < -0.4 is 15.0 Å². The first-order valence-electron chi connectivity index (χ1n) is 10.1. The standard InChI is InChI=1S/C25H26N2O3/c1-3-19-11-10-14-21(17-19)30-18-24(28)26-23-16-9-8-15-22(23)25(29)27(4-2)20-12-6-5-7-13-20/h5-17H,3-4,18H2,1-2H3,(H,26,28). The van der Waals surface area contributed by atoms with Crippen LogP contribution in [0.1, 0.15) is 29.8 Å². The molecule has 0 aliphatic heterocycles. The number of benzene rings is 3. The van der Waals surface area contributed by atoms with Crippen molar-refractivity contribution < 1.29 is 14.3 Å². The van der Waals surface area contributed by atoms with E-state index in [4.69, 9.17) is 4.74 Å². The van der Waals surface area contributed by atoms with E-state index in [9.17, 15) is 9.59 Å². The number of nitrogens with one attached hydrogen (secondary N) is 1. The van der Waals surface area contributed by atoms with Gasteiger partial charge in [0.15, 0.2) is 6.61 Å². The summed E-state index contributed by atoms with van der Waals surface area (Å²) in [4.78, 5) is 27.3. The molecule has 154 valence electrons. The van der Waals surface area contributed by atoms with Gasteiger partial charge in [0.25, 0.3) is 11.8 Å². The molecule has 0 radical (unpaired) electrons. The molecule has 0 spiro atoms.